The molecule has 0 radical (unpaired) electrons. The zero-order valence-corrected chi connectivity index (χ0v) is 21.2. The maximum Gasteiger partial charge on any atom is 0.416 e. The highest BCUT2D eigenvalue weighted by molar-refractivity contribution is 7.99. The van der Waals surface area contributed by atoms with Gasteiger partial charge in [0.05, 0.1) is 23.5 Å². The van der Waals surface area contributed by atoms with Gasteiger partial charge in [0.15, 0.2) is 0 Å². The molecule has 34 heavy (non-hydrogen) atoms. The molecule has 3 heterocycles. The Morgan fingerprint density at radius 1 is 0.882 bits per heavy atom. The Morgan fingerprint density at radius 3 is 2.24 bits per heavy atom. The van der Waals surface area contributed by atoms with Crippen LogP contribution in [0.25, 0.3) is 0 Å². The van der Waals surface area contributed by atoms with Gasteiger partial charge in [-0.3, -0.25) is 9.80 Å². The van der Waals surface area contributed by atoms with Gasteiger partial charge in [-0.05, 0) is 49.6 Å². The smallest absolute Gasteiger partial charge is 0.395 e. The van der Waals surface area contributed by atoms with E-state index >= 15 is 0 Å². The summed E-state index contributed by atoms with van der Waals surface area (Å²) in [6.07, 6.45) is -1.08. The molecular weight excluding hydrogens is 506 g/mol. The fraction of sp³-hybridized carbons (Fsp3) is 0.500. The van der Waals surface area contributed by atoms with E-state index in [1.807, 2.05) is 24.3 Å². The summed E-state index contributed by atoms with van der Waals surface area (Å²) in [5.41, 5.74) is 1.04. The lowest BCUT2D eigenvalue weighted by Crippen LogP contribution is -2.54. The van der Waals surface area contributed by atoms with Gasteiger partial charge in [-0.1, -0.05) is 23.9 Å². The Labute approximate surface area is 215 Å². The highest BCUT2D eigenvalue weighted by Gasteiger charge is 2.39. The van der Waals surface area contributed by atoms with Crippen molar-refractivity contribution in [3.05, 3.63) is 48.0 Å². The average Bonchev–Trinajstić information content (AvgIpc) is 3.00. The van der Waals surface area contributed by atoms with Gasteiger partial charge >= 0.3 is 6.18 Å². The minimum Gasteiger partial charge on any atom is -0.395 e. The number of halogens is 5. The van der Waals surface area contributed by atoms with E-state index in [0.29, 0.717) is 24.3 Å². The molecule has 2 fully saturated rings. The molecule has 10 heteroatoms. The van der Waals surface area contributed by atoms with E-state index in [9.17, 15) is 18.3 Å². The zero-order valence-electron chi connectivity index (χ0n) is 18.7. The molecule has 2 aromatic carbocycles. The second-order valence-electron chi connectivity index (χ2n) is 8.86. The molecule has 0 aromatic heterocycles. The summed E-state index contributed by atoms with van der Waals surface area (Å²) in [5.74, 6) is 0. The highest BCUT2D eigenvalue weighted by atomic mass is 35.5. The van der Waals surface area contributed by atoms with E-state index in [2.05, 4.69) is 14.7 Å². The van der Waals surface area contributed by atoms with Gasteiger partial charge in [0.2, 0.25) is 0 Å². The summed E-state index contributed by atoms with van der Waals surface area (Å²) in [5, 5.41) is 9.26. The molecule has 1 N–H and O–H groups in total. The molecule has 3 aliphatic rings. The summed E-state index contributed by atoms with van der Waals surface area (Å²) in [6.45, 7) is 4.56. The first-order chi connectivity index (χ1) is 15.4. The second kappa shape index (κ2) is 11.3. The van der Waals surface area contributed by atoms with Crippen LogP contribution in [-0.2, 0) is 6.18 Å². The van der Waals surface area contributed by atoms with Crippen molar-refractivity contribution in [2.75, 3.05) is 44.2 Å². The highest BCUT2D eigenvalue weighted by Crippen LogP contribution is 2.49. The van der Waals surface area contributed by atoms with Gasteiger partial charge in [0.25, 0.3) is 0 Å². The lowest BCUT2D eigenvalue weighted by molar-refractivity contribution is -0.137. The summed E-state index contributed by atoms with van der Waals surface area (Å²) in [7, 11) is 0. The number of fused-ring (bicyclic) bond motifs is 4. The molecule has 2 bridgehead atoms. The van der Waals surface area contributed by atoms with Gasteiger partial charge in [-0.25, -0.2) is 0 Å². The van der Waals surface area contributed by atoms with E-state index in [0.717, 1.165) is 48.1 Å². The Balaban J connectivity index is 0.00000162. The van der Waals surface area contributed by atoms with Crippen LogP contribution in [0.4, 0.5) is 24.5 Å². The zero-order chi connectivity index (χ0) is 22.3. The fourth-order valence-corrected chi connectivity index (χ4v) is 6.50. The first-order valence-electron chi connectivity index (χ1n) is 11.3. The molecule has 2 atom stereocenters. The summed E-state index contributed by atoms with van der Waals surface area (Å²) < 4.78 is 40.2. The molecule has 3 aliphatic heterocycles. The Hall–Kier alpha value is -1.16. The van der Waals surface area contributed by atoms with Gasteiger partial charge in [-0.2, -0.15) is 13.2 Å². The van der Waals surface area contributed by atoms with Gasteiger partial charge < -0.3 is 10.0 Å². The molecule has 5 rings (SSSR count). The fourth-order valence-electron chi connectivity index (χ4n) is 5.42. The van der Waals surface area contributed by atoms with Crippen molar-refractivity contribution in [2.24, 2.45) is 0 Å². The molecule has 2 saturated heterocycles. The SMILES string of the molecule is Cl.Cl.OCCN1CC2CCC(C1)N2CCCN1c2ccccc2Sc2ccc(C(F)(F)F)cc21. The summed E-state index contributed by atoms with van der Waals surface area (Å²) in [6, 6.07) is 13.1. The van der Waals surface area contributed by atoms with Gasteiger partial charge in [-0.15, -0.1) is 24.8 Å². The number of anilines is 2. The third kappa shape index (κ3) is 5.47. The number of benzene rings is 2. The average molecular weight is 536 g/mol. The van der Waals surface area contributed by atoms with E-state index in [1.54, 1.807) is 6.07 Å². The standard InChI is InChI=1S/C24H28F3N3OS.2ClH/c25-24(26,27)17-6-9-23-21(14-17)30(20-4-1-2-5-22(20)32-23)11-3-10-29-18-7-8-19(29)16-28(15-18)12-13-31;;/h1-2,4-6,9,14,18-19,31H,3,7-8,10-13,15-16H2;2*1H. The van der Waals surface area contributed by atoms with Crippen molar-refractivity contribution in [3.8, 4) is 0 Å². The maximum absolute atomic E-state index is 13.4. The number of aliphatic hydroxyl groups excluding tert-OH is 1. The molecule has 4 nitrogen and oxygen atoms in total. The van der Waals surface area contributed by atoms with Crippen LogP contribution >= 0.6 is 36.6 Å². The van der Waals surface area contributed by atoms with Crippen molar-refractivity contribution in [3.63, 3.8) is 0 Å². The van der Waals surface area contributed by atoms with Crippen LogP contribution in [-0.4, -0.2) is 66.3 Å². The van der Waals surface area contributed by atoms with Crippen molar-refractivity contribution >= 4 is 48.0 Å². The number of hydrogen-bond acceptors (Lipinski definition) is 5. The molecule has 2 unspecified atom stereocenters. The van der Waals surface area contributed by atoms with Crippen LogP contribution in [0.1, 0.15) is 24.8 Å². The van der Waals surface area contributed by atoms with Crippen LogP contribution in [0.3, 0.4) is 0 Å². The van der Waals surface area contributed by atoms with Gasteiger partial charge in [0, 0.05) is 54.6 Å². The quantitative estimate of drug-likeness (QED) is 0.513. The second-order valence-corrected chi connectivity index (χ2v) is 9.95. The maximum atomic E-state index is 13.4. The number of alkyl halides is 3. The third-order valence-electron chi connectivity index (χ3n) is 6.88. The predicted molar refractivity (Wildman–Crippen MR) is 135 cm³/mol. The van der Waals surface area contributed by atoms with Crippen LogP contribution in [0.2, 0.25) is 0 Å². The van der Waals surface area contributed by atoms with E-state index in [1.165, 1.54) is 36.7 Å². The van der Waals surface area contributed by atoms with Crippen molar-refractivity contribution in [1.29, 1.82) is 0 Å². The molecule has 0 aliphatic carbocycles. The van der Waals surface area contributed by atoms with Crippen LogP contribution in [0.15, 0.2) is 52.3 Å². The lowest BCUT2D eigenvalue weighted by atomic mass is 10.1. The number of rotatable bonds is 6. The van der Waals surface area contributed by atoms with Crippen LogP contribution in [0, 0.1) is 0 Å². The largest absolute Gasteiger partial charge is 0.416 e. The van der Waals surface area contributed by atoms with Crippen molar-refractivity contribution in [2.45, 2.75) is 47.3 Å². The number of piperazine rings is 1. The minimum absolute atomic E-state index is 0. The van der Waals surface area contributed by atoms with Crippen molar-refractivity contribution < 1.29 is 18.3 Å². The molecule has 0 amide bonds. The summed E-state index contributed by atoms with van der Waals surface area (Å²) >= 11 is 1.54. The molecule has 188 valence electrons. The molecular formula is C24H30Cl2F3N3OS. The van der Waals surface area contributed by atoms with E-state index in [4.69, 9.17) is 0 Å². The number of aliphatic hydroxyl groups is 1. The Kier molecular flexibility index (Phi) is 9.09. The van der Waals surface area contributed by atoms with Crippen LogP contribution < -0.4 is 4.90 Å². The topological polar surface area (TPSA) is 30.0 Å². The molecule has 2 aromatic rings. The number of hydrogen-bond donors (Lipinski definition) is 1. The normalized spacial score (nSPS) is 21.9. The van der Waals surface area contributed by atoms with Crippen LogP contribution in [0.5, 0.6) is 0 Å². The first-order valence-corrected chi connectivity index (χ1v) is 12.1. The monoisotopic (exact) mass is 535 g/mol. The third-order valence-corrected chi connectivity index (χ3v) is 8.01. The molecule has 0 saturated carbocycles. The number of nitrogens with zero attached hydrogens (tertiary/aromatic N) is 3. The number of likely N-dealkylation sites (tertiary alicyclic amines) is 1. The Morgan fingerprint density at radius 2 is 1.56 bits per heavy atom. The van der Waals surface area contributed by atoms with E-state index < -0.39 is 11.7 Å². The van der Waals surface area contributed by atoms with E-state index in [-0.39, 0.29) is 31.4 Å². The minimum atomic E-state index is -4.35. The molecule has 0 spiro atoms. The lowest BCUT2D eigenvalue weighted by Gasteiger charge is -2.41. The summed E-state index contributed by atoms with van der Waals surface area (Å²) in [4.78, 5) is 8.96. The first kappa shape index (κ1) is 27.4. The van der Waals surface area contributed by atoms with Crippen molar-refractivity contribution in [1.82, 2.24) is 9.80 Å². The van der Waals surface area contributed by atoms with Gasteiger partial charge in [0.1, 0.15) is 0 Å². The predicted octanol–water partition coefficient (Wildman–Crippen LogP) is 5.68. The Bertz CT molecular complexity index is 967. The number of β-amino-alcohol motifs (C(OH)–C–C–N with tert-alkyl or cyclic N) is 1. The number of para-hydroxylation sites is 1.